The number of thioether (sulfide) groups is 1. The largest absolute Gasteiger partial charge is 0.490 e. The molecule has 1 unspecified atom stereocenters. The fourth-order valence-electron chi connectivity index (χ4n) is 3.64. The third-order valence-electron chi connectivity index (χ3n) is 5.19. The Morgan fingerprint density at radius 2 is 1.82 bits per heavy atom. The first-order valence-corrected chi connectivity index (χ1v) is 12.1. The number of fused-ring (bicyclic) bond motifs is 1. The highest BCUT2D eigenvalue weighted by molar-refractivity contribution is 7.99. The highest BCUT2D eigenvalue weighted by Crippen LogP contribution is 2.38. The lowest BCUT2D eigenvalue weighted by molar-refractivity contribution is 0.296. The zero-order valence-electron chi connectivity index (χ0n) is 16.0. The summed E-state index contributed by atoms with van der Waals surface area (Å²) in [5, 5.41) is 0.324. The molecule has 28 heavy (non-hydrogen) atoms. The number of benzene rings is 2. The standard InChI is InChI=1S/C21H25NO4S2/c1-16-5-2-3-6-18(16)21-9-10-22(11-14-27-21)28(23,24)17-7-8-19-20(15-17)26-13-4-12-25-19/h2-3,5-8,15,21H,4,9-14H2,1H3. The summed E-state index contributed by atoms with van der Waals surface area (Å²) in [7, 11) is -3.56. The Balaban J connectivity index is 1.54. The first-order chi connectivity index (χ1) is 13.6. The number of aryl methyl sites for hydroxylation is 1. The molecule has 1 fully saturated rings. The molecule has 5 nitrogen and oxygen atoms in total. The highest BCUT2D eigenvalue weighted by atomic mass is 32.2. The number of rotatable bonds is 3. The van der Waals surface area contributed by atoms with E-state index in [1.54, 1.807) is 22.5 Å². The summed E-state index contributed by atoms with van der Waals surface area (Å²) in [5.74, 6) is 1.91. The van der Waals surface area contributed by atoms with Crippen LogP contribution in [0.2, 0.25) is 0 Å². The molecule has 4 rings (SSSR count). The molecule has 0 amide bonds. The van der Waals surface area contributed by atoms with Crippen LogP contribution >= 0.6 is 11.8 Å². The van der Waals surface area contributed by atoms with Crippen molar-refractivity contribution in [2.24, 2.45) is 0 Å². The maximum absolute atomic E-state index is 13.2. The second kappa shape index (κ2) is 8.35. The van der Waals surface area contributed by atoms with E-state index < -0.39 is 10.0 Å². The smallest absolute Gasteiger partial charge is 0.243 e. The Hall–Kier alpha value is -1.70. The van der Waals surface area contributed by atoms with Crippen molar-refractivity contribution in [3.63, 3.8) is 0 Å². The van der Waals surface area contributed by atoms with Gasteiger partial charge in [0.1, 0.15) is 0 Å². The molecule has 1 atom stereocenters. The molecular formula is C21H25NO4S2. The maximum atomic E-state index is 13.2. The molecule has 2 aliphatic rings. The van der Waals surface area contributed by atoms with E-state index in [0.29, 0.717) is 43.1 Å². The molecule has 2 aliphatic heterocycles. The second-order valence-corrected chi connectivity index (χ2v) is 10.3. The van der Waals surface area contributed by atoms with Gasteiger partial charge in [-0.25, -0.2) is 8.42 Å². The maximum Gasteiger partial charge on any atom is 0.243 e. The van der Waals surface area contributed by atoms with E-state index in [1.165, 1.54) is 11.1 Å². The quantitative estimate of drug-likeness (QED) is 0.752. The van der Waals surface area contributed by atoms with E-state index >= 15 is 0 Å². The molecule has 0 saturated carbocycles. The first-order valence-electron chi connectivity index (χ1n) is 9.62. The molecule has 0 aliphatic carbocycles. The average Bonchev–Trinajstić information content (AvgIpc) is 3.09. The zero-order chi connectivity index (χ0) is 19.6. The molecule has 0 spiro atoms. The summed E-state index contributed by atoms with van der Waals surface area (Å²) < 4.78 is 39.4. The lowest BCUT2D eigenvalue weighted by atomic mass is 10.0. The molecule has 2 aromatic carbocycles. The number of hydrogen-bond donors (Lipinski definition) is 0. The minimum absolute atomic E-state index is 0.274. The summed E-state index contributed by atoms with van der Waals surface area (Å²) in [6.45, 7) is 4.28. The zero-order valence-corrected chi connectivity index (χ0v) is 17.6. The number of ether oxygens (including phenoxy) is 2. The van der Waals surface area contributed by atoms with Gasteiger partial charge in [-0.15, -0.1) is 0 Å². The van der Waals surface area contributed by atoms with Crippen LogP contribution in [0.25, 0.3) is 0 Å². The van der Waals surface area contributed by atoms with Gasteiger partial charge in [-0.3, -0.25) is 0 Å². The molecular weight excluding hydrogens is 394 g/mol. The van der Waals surface area contributed by atoms with Crippen LogP contribution < -0.4 is 9.47 Å². The van der Waals surface area contributed by atoms with Crippen LogP contribution in [0, 0.1) is 6.92 Å². The summed E-state index contributed by atoms with van der Waals surface area (Å²) in [6, 6.07) is 13.3. The fraction of sp³-hybridized carbons (Fsp3) is 0.429. The van der Waals surface area contributed by atoms with E-state index in [-0.39, 0.29) is 4.90 Å². The van der Waals surface area contributed by atoms with Crippen LogP contribution in [0.4, 0.5) is 0 Å². The van der Waals surface area contributed by atoms with Gasteiger partial charge in [0, 0.05) is 36.6 Å². The minimum atomic E-state index is -3.56. The summed E-state index contributed by atoms with van der Waals surface area (Å²) in [5.41, 5.74) is 2.57. The van der Waals surface area contributed by atoms with Gasteiger partial charge in [0.15, 0.2) is 11.5 Å². The van der Waals surface area contributed by atoms with E-state index in [2.05, 4.69) is 25.1 Å². The van der Waals surface area contributed by atoms with Gasteiger partial charge in [-0.05, 0) is 36.6 Å². The van der Waals surface area contributed by atoms with Crippen LogP contribution in [-0.2, 0) is 10.0 Å². The molecule has 150 valence electrons. The van der Waals surface area contributed by atoms with Crippen molar-refractivity contribution in [1.29, 1.82) is 0 Å². The average molecular weight is 420 g/mol. The van der Waals surface area contributed by atoms with Gasteiger partial charge < -0.3 is 9.47 Å². The van der Waals surface area contributed by atoms with Crippen molar-refractivity contribution >= 4 is 21.8 Å². The van der Waals surface area contributed by atoms with Crippen LogP contribution in [0.1, 0.15) is 29.2 Å². The van der Waals surface area contributed by atoms with Gasteiger partial charge in [-0.2, -0.15) is 16.1 Å². The lowest BCUT2D eigenvalue weighted by Gasteiger charge is -2.21. The van der Waals surface area contributed by atoms with Crippen LogP contribution in [0.3, 0.4) is 0 Å². The van der Waals surface area contributed by atoms with Crippen LogP contribution in [0.5, 0.6) is 11.5 Å². The van der Waals surface area contributed by atoms with Gasteiger partial charge >= 0.3 is 0 Å². The van der Waals surface area contributed by atoms with Gasteiger partial charge in [0.2, 0.25) is 10.0 Å². The Morgan fingerprint density at radius 1 is 1.04 bits per heavy atom. The third kappa shape index (κ3) is 4.02. The Morgan fingerprint density at radius 3 is 2.64 bits per heavy atom. The molecule has 0 radical (unpaired) electrons. The summed E-state index contributed by atoms with van der Waals surface area (Å²) >= 11 is 1.84. The highest BCUT2D eigenvalue weighted by Gasteiger charge is 2.29. The minimum Gasteiger partial charge on any atom is -0.490 e. The van der Waals surface area contributed by atoms with Crippen molar-refractivity contribution in [3.05, 3.63) is 53.6 Å². The Kier molecular flexibility index (Phi) is 5.85. The van der Waals surface area contributed by atoms with Crippen molar-refractivity contribution in [2.45, 2.75) is 29.9 Å². The molecule has 1 saturated heterocycles. The molecule has 7 heteroatoms. The summed E-state index contributed by atoms with van der Waals surface area (Å²) in [6.07, 6.45) is 1.60. The van der Waals surface area contributed by atoms with Crippen molar-refractivity contribution in [2.75, 3.05) is 32.1 Å². The van der Waals surface area contributed by atoms with Gasteiger partial charge in [-0.1, -0.05) is 24.3 Å². The van der Waals surface area contributed by atoms with E-state index in [4.69, 9.17) is 9.47 Å². The van der Waals surface area contributed by atoms with E-state index in [1.807, 2.05) is 17.8 Å². The monoisotopic (exact) mass is 419 g/mol. The van der Waals surface area contributed by atoms with Crippen LogP contribution in [-0.4, -0.2) is 44.8 Å². The Labute approximate surface area is 171 Å². The van der Waals surface area contributed by atoms with Crippen molar-refractivity contribution in [1.82, 2.24) is 4.31 Å². The SMILES string of the molecule is Cc1ccccc1C1CCN(S(=O)(=O)c2ccc3c(c2)OCCCO3)CCS1. The normalized spacial score (nSPS) is 21.0. The third-order valence-corrected chi connectivity index (χ3v) is 8.40. The topological polar surface area (TPSA) is 55.8 Å². The van der Waals surface area contributed by atoms with E-state index in [0.717, 1.165) is 18.6 Å². The predicted octanol–water partition coefficient (Wildman–Crippen LogP) is 4.03. The van der Waals surface area contributed by atoms with Crippen LogP contribution in [0.15, 0.2) is 47.4 Å². The fourth-order valence-corrected chi connectivity index (χ4v) is 6.55. The molecule has 2 aromatic rings. The lowest BCUT2D eigenvalue weighted by Crippen LogP contribution is -2.33. The first kappa shape index (κ1) is 19.6. The van der Waals surface area contributed by atoms with Gasteiger partial charge in [0.25, 0.3) is 0 Å². The molecule has 0 bridgehead atoms. The van der Waals surface area contributed by atoms with E-state index in [9.17, 15) is 8.42 Å². The predicted molar refractivity (Wildman–Crippen MR) is 112 cm³/mol. The van der Waals surface area contributed by atoms with Crippen molar-refractivity contribution in [3.8, 4) is 11.5 Å². The number of hydrogen-bond acceptors (Lipinski definition) is 5. The number of nitrogens with zero attached hydrogens (tertiary/aromatic N) is 1. The molecule has 2 heterocycles. The Bertz CT molecular complexity index is 945. The number of sulfonamides is 1. The molecule has 0 N–H and O–H groups in total. The van der Waals surface area contributed by atoms with Gasteiger partial charge in [0.05, 0.1) is 18.1 Å². The summed E-state index contributed by atoms with van der Waals surface area (Å²) in [4.78, 5) is 0.274. The van der Waals surface area contributed by atoms with Crippen molar-refractivity contribution < 1.29 is 17.9 Å². The molecule has 0 aromatic heterocycles. The second-order valence-electron chi connectivity index (χ2n) is 7.07.